The lowest BCUT2D eigenvalue weighted by Gasteiger charge is -2.10. The van der Waals surface area contributed by atoms with Crippen LogP contribution in [0, 0.1) is 0 Å². The summed E-state index contributed by atoms with van der Waals surface area (Å²) in [6.07, 6.45) is 0.494. The van der Waals surface area contributed by atoms with Crippen molar-refractivity contribution in [2.24, 2.45) is 0 Å². The third-order valence-electron chi connectivity index (χ3n) is 2.88. The van der Waals surface area contributed by atoms with Gasteiger partial charge in [0.15, 0.2) is 5.69 Å². The number of hydrogen-bond acceptors (Lipinski definition) is 5. The summed E-state index contributed by atoms with van der Waals surface area (Å²) < 4.78 is 11.9. The molecule has 0 aliphatic rings. The first-order chi connectivity index (χ1) is 9.60. The molecule has 0 atom stereocenters. The number of aromatic carboxylic acids is 1. The van der Waals surface area contributed by atoms with Gasteiger partial charge in [-0.2, -0.15) is 0 Å². The molecule has 1 heterocycles. The zero-order valence-corrected chi connectivity index (χ0v) is 11.5. The Hall–Kier alpha value is -2.57. The summed E-state index contributed by atoms with van der Waals surface area (Å²) in [7, 11) is 3.09. The van der Waals surface area contributed by atoms with Crippen LogP contribution in [-0.4, -0.2) is 40.3 Å². The molecule has 0 aliphatic heterocycles. The van der Waals surface area contributed by atoms with E-state index in [2.05, 4.69) is 10.3 Å². The molecule has 0 bridgehead atoms. The van der Waals surface area contributed by atoms with Crippen molar-refractivity contribution in [3.05, 3.63) is 29.6 Å². The number of carbonyl (C=O) groups is 1. The Balaban J connectivity index is 2.59. The van der Waals surface area contributed by atoms with Gasteiger partial charge in [-0.15, -0.1) is 5.10 Å². The van der Waals surface area contributed by atoms with E-state index in [9.17, 15) is 4.79 Å². The van der Waals surface area contributed by atoms with E-state index < -0.39 is 5.97 Å². The van der Waals surface area contributed by atoms with Crippen molar-refractivity contribution < 1.29 is 19.4 Å². The van der Waals surface area contributed by atoms with Gasteiger partial charge in [0.05, 0.1) is 25.6 Å². The molecule has 0 unspecified atom stereocenters. The molecular weight excluding hydrogens is 262 g/mol. The van der Waals surface area contributed by atoms with Crippen LogP contribution in [-0.2, 0) is 6.42 Å². The minimum Gasteiger partial charge on any atom is -0.497 e. The van der Waals surface area contributed by atoms with Crippen LogP contribution < -0.4 is 9.47 Å². The van der Waals surface area contributed by atoms with Crippen LogP contribution in [0.25, 0.3) is 5.69 Å². The van der Waals surface area contributed by atoms with Gasteiger partial charge in [-0.1, -0.05) is 12.1 Å². The molecule has 7 nitrogen and oxygen atoms in total. The monoisotopic (exact) mass is 277 g/mol. The summed E-state index contributed by atoms with van der Waals surface area (Å²) in [5, 5.41) is 16.7. The molecule has 2 aromatic rings. The van der Waals surface area contributed by atoms with Gasteiger partial charge < -0.3 is 14.6 Å². The highest BCUT2D eigenvalue weighted by atomic mass is 16.5. The molecule has 0 fully saturated rings. The van der Waals surface area contributed by atoms with Crippen molar-refractivity contribution in [1.29, 1.82) is 0 Å². The number of aromatic nitrogens is 3. The minimum atomic E-state index is -1.09. The second kappa shape index (κ2) is 5.60. The largest absolute Gasteiger partial charge is 0.497 e. The SMILES string of the molecule is CCc1c(C(=O)O)nnn1-c1cc(OC)cc(OC)c1. The van der Waals surface area contributed by atoms with Crippen molar-refractivity contribution in [2.75, 3.05) is 14.2 Å². The second-order valence-corrected chi connectivity index (χ2v) is 4.03. The maximum atomic E-state index is 11.1. The molecule has 7 heteroatoms. The number of nitrogens with zero attached hydrogens (tertiary/aromatic N) is 3. The van der Waals surface area contributed by atoms with Crippen molar-refractivity contribution in [1.82, 2.24) is 15.0 Å². The number of hydrogen-bond donors (Lipinski definition) is 1. The summed E-state index contributed by atoms with van der Waals surface area (Å²) in [5.74, 6) is 0.0884. The van der Waals surface area contributed by atoms with Gasteiger partial charge in [-0.05, 0) is 6.42 Å². The lowest BCUT2D eigenvalue weighted by atomic mass is 10.2. The van der Waals surface area contributed by atoms with E-state index in [1.807, 2.05) is 6.92 Å². The van der Waals surface area contributed by atoms with Crippen LogP contribution in [0.2, 0.25) is 0 Å². The number of methoxy groups -OCH3 is 2. The first-order valence-corrected chi connectivity index (χ1v) is 6.02. The summed E-state index contributed by atoms with van der Waals surface area (Å²) in [6.45, 7) is 1.85. The van der Waals surface area contributed by atoms with Crippen LogP contribution in [0.1, 0.15) is 23.1 Å². The third-order valence-corrected chi connectivity index (χ3v) is 2.88. The van der Waals surface area contributed by atoms with Crippen LogP contribution in [0.4, 0.5) is 0 Å². The highest BCUT2D eigenvalue weighted by Crippen LogP contribution is 2.25. The highest BCUT2D eigenvalue weighted by Gasteiger charge is 2.19. The van der Waals surface area contributed by atoms with Gasteiger partial charge in [-0.3, -0.25) is 0 Å². The van der Waals surface area contributed by atoms with Crippen molar-refractivity contribution in [3.8, 4) is 17.2 Å². The maximum absolute atomic E-state index is 11.1. The van der Waals surface area contributed by atoms with Crippen LogP contribution in [0.3, 0.4) is 0 Å². The van der Waals surface area contributed by atoms with Crippen molar-refractivity contribution in [2.45, 2.75) is 13.3 Å². The number of rotatable bonds is 5. The first kappa shape index (κ1) is 13.9. The fraction of sp³-hybridized carbons (Fsp3) is 0.308. The van der Waals surface area contributed by atoms with E-state index in [4.69, 9.17) is 14.6 Å². The lowest BCUT2D eigenvalue weighted by Crippen LogP contribution is -2.06. The summed E-state index contributed by atoms with van der Waals surface area (Å²) >= 11 is 0. The van der Waals surface area contributed by atoms with Gasteiger partial charge in [0, 0.05) is 18.2 Å². The Labute approximate surface area is 115 Å². The van der Waals surface area contributed by atoms with Crippen LogP contribution >= 0.6 is 0 Å². The molecular formula is C13H15N3O4. The van der Waals surface area contributed by atoms with E-state index in [1.54, 1.807) is 32.4 Å². The summed E-state index contributed by atoms with van der Waals surface area (Å²) in [4.78, 5) is 11.1. The summed E-state index contributed by atoms with van der Waals surface area (Å²) in [5.41, 5.74) is 1.11. The zero-order chi connectivity index (χ0) is 14.7. The predicted molar refractivity (Wildman–Crippen MR) is 70.8 cm³/mol. The van der Waals surface area contributed by atoms with Crippen LogP contribution in [0.15, 0.2) is 18.2 Å². The maximum Gasteiger partial charge on any atom is 0.358 e. The van der Waals surface area contributed by atoms with E-state index in [0.29, 0.717) is 29.3 Å². The Morgan fingerprint density at radius 2 is 1.85 bits per heavy atom. The summed E-state index contributed by atoms with van der Waals surface area (Å²) in [6, 6.07) is 5.20. The van der Waals surface area contributed by atoms with Gasteiger partial charge in [0.2, 0.25) is 0 Å². The smallest absolute Gasteiger partial charge is 0.358 e. The van der Waals surface area contributed by atoms with Gasteiger partial charge >= 0.3 is 5.97 Å². The molecule has 2 rings (SSSR count). The molecule has 1 aromatic heterocycles. The predicted octanol–water partition coefficient (Wildman–Crippen LogP) is 1.55. The average Bonchev–Trinajstić information content (AvgIpc) is 2.90. The third kappa shape index (κ3) is 2.42. The molecule has 0 saturated carbocycles. The number of benzene rings is 1. The zero-order valence-electron chi connectivity index (χ0n) is 11.5. The minimum absolute atomic E-state index is 0.0470. The molecule has 20 heavy (non-hydrogen) atoms. The molecule has 0 saturated heterocycles. The van der Waals surface area contributed by atoms with Crippen molar-refractivity contribution >= 4 is 5.97 Å². The number of ether oxygens (including phenoxy) is 2. The lowest BCUT2D eigenvalue weighted by molar-refractivity contribution is 0.0689. The standard InChI is InChI=1S/C13H15N3O4/c1-4-11-12(13(17)18)14-15-16(11)8-5-9(19-2)7-10(6-8)20-3/h5-7H,4H2,1-3H3,(H,17,18). The number of carboxylic acids is 1. The van der Waals surface area contributed by atoms with Gasteiger partial charge in [0.25, 0.3) is 0 Å². The fourth-order valence-corrected chi connectivity index (χ4v) is 1.91. The highest BCUT2D eigenvalue weighted by molar-refractivity contribution is 5.86. The quantitative estimate of drug-likeness (QED) is 0.892. The van der Waals surface area contributed by atoms with E-state index in [0.717, 1.165) is 0 Å². The Morgan fingerprint density at radius 1 is 1.25 bits per heavy atom. The molecule has 1 N–H and O–H groups in total. The molecule has 1 aromatic carbocycles. The average molecular weight is 277 g/mol. The van der Waals surface area contributed by atoms with Crippen LogP contribution in [0.5, 0.6) is 11.5 Å². The molecule has 0 amide bonds. The van der Waals surface area contributed by atoms with Crippen molar-refractivity contribution in [3.63, 3.8) is 0 Å². The molecule has 0 spiro atoms. The van der Waals surface area contributed by atoms with E-state index >= 15 is 0 Å². The Kier molecular flexibility index (Phi) is 3.88. The van der Waals surface area contributed by atoms with E-state index in [1.165, 1.54) is 4.68 Å². The fourth-order valence-electron chi connectivity index (χ4n) is 1.91. The first-order valence-electron chi connectivity index (χ1n) is 6.02. The molecule has 106 valence electrons. The number of carboxylic acid groups (broad SMARTS) is 1. The molecule has 0 radical (unpaired) electrons. The topological polar surface area (TPSA) is 86.5 Å². The second-order valence-electron chi connectivity index (χ2n) is 4.03. The Morgan fingerprint density at radius 3 is 2.30 bits per heavy atom. The van der Waals surface area contributed by atoms with E-state index in [-0.39, 0.29) is 5.69 Å². The molecule has 0 aliphatic carbocycles. The normalized spacial score (nSPS) is 10.3. The van der Waals surface area contributed by atoms with Gasteiger partial charge in [-0.25, -0.2) is 9.48 Å². The Bertz CT molecular complexity index is 614. The van der Waals surface area contributed by atoms with Gasteiger partial charge in [0.1, 0.15) is 11.5 Å².